The number of pyridine rings is 1. The van der Waals surface area contributed by atoms with Gasteiger partial charge in [0.1, 0.15) is 11.5 Å². The van der Waals surface area contributed by atoms with E-state index >= 15 is 0 Å². The Morgan fingerprint density at radius 1 is 1.19 bits per heavy atom. The predicted octanol–water partition coefficient (Wildman–Crippen LogP) is 2.96. The SMILES string of the molecule is COc1cccc(Oc2ncccc2CN2C(=O)NCC(C)(C)C2=O)c1. The molecule has 1 N–H and O–H groups in total. The lowest BCUT2D eigenvalue weighted by Gasteiger charge is -2.36. The molecule has 1 aromatic heterocycles. The molecule has 1 fully saturated rings. The number of hydrogen-bond acceptors (Lipinski definition) is 5. The quantitative estimate of drug-likeness (QED) is 0.892. The number of nitrogens with zero attached hydrogens (tertiary/aromatic N) is 2. The van der Waals surface area contributed by atoms with E-state index in [0.29, 0.717) is 29.5 Å². The number of imide groups is 1. The van der Waals surface area contributed by atoms with Crippen LogP contribution in [0.2, 0.25) is 0 Å². The van der Waals surface area contributed by atoms with E-state index in [9.17, 15) is 9.59 Å². The van der Waals surface area contributed by atoms with Gasteiger partial charge in [-0.3, -0.25) is 9.69 Å². The number of amides is 3. The van der Waals surface area contributed by atoms with Crippen molar-refractivity contribution in [2.24, 2.45) is 5.41 Å². The zero-order chi connectivity index (χ0) is 18.7. The van der Waals surface area contributed by atoms with Crippen molar-refractivity contribution >= 4 is 11.9 Å². The molecular formula is C19H21N3O4. The van der Waals surface area contributed by atoms with E-state index < -0.39 is 11.4 Å². The number of hydrogen-bond donors (Lipinski definition) is 1. The number of methoxy groups -OCH3 is 1. The zero-order valence-electron chi connectivity index (χ0n) is 15.0. The van der Waals surface area contributed by atoms with Crippen LogP contribution in [-0.2, 0) is 11.3 Å². The fourth-order valence-electron chi connectivity index (χ4n) is 2.65. The summed E-state index contributed by atoms with van der Waals surface area (Å²) >= 11 is 0. The summed E-state index contributed by atoms with van der Waals surface area (Å²) in [7, 11) is 1.58. The molecule has 0 saturated carbocycles. The molecule has 2 aromatic rings. The summed E-state index contributed by atoms with van der Waals surface area (Å²) in [6, 6.07) is 10.2. The minimum absolute atomic E-state index is 0.0846. The molecule has 0 radical (unpaired) electrons. The van der Waals surface area contributed by atoms with Crippen molar-refractivity contribution < 1.29 is 19.1 Å². The van der Waals surface area contributed by atoms with E-state index in [1.165, 1.54) is 4.90 Å². The van der Waals surface area contributed by atoms with Crippen molar-refractivity contribution in [2.75, 3.05) is 13.7 Å². The van der Waals surface area contributed by atoms with E-state index in [1.54, 1.807) is 57.5 Å². The van der Waals surface area contributed by atoms with Crippen molar-refractivity contribution in [1.82, 2.24) is 15.2 Å². The van der Waals surface area contributed by atoms with Crippen LogP contribution in [-0.4, -0.2) is 35.5 Å². The molecule has 136 valence electrons. The Labute approximate surface area is 151 Å². The maximum atomic E-state index is 12.6. The topological polar surface area (TPSA) is 80.8 Å². The van der Waals surface area contributed by atoms with Crippen LogP contribution < -0.4 is 14.8 Å². The van der Waals surface area contributed by atoms with Gasteiger partial charge in [0.25, 0.3) is 0 Å². The molecule has 1 aromatic carbocycles. The fourth-order valence-corrected chi connectivity index (χ4v) is 2.65. The predicted molar refractivity (Wildman–Crippen MR) is 95.0 cm³/mol. The summed E-state index contributed by atoms with van der Waals surface area (Å²) in [6.07, 6.45) is 1.60. The maximum Gasteiger partial charge on any atom is 0.324 e. The van der Waals surface area contributed by atoms with Crippen molar-refractivity contribution in [3.05, 3.63) is 48.2 Å². The van der Waals surface area contributed by atoms with Crippen molar-refractivity contribution in [3.8, 4) is 17.4 Å². The van der Waals surface area contributed by atoms with E-state index in [2.05, 4.69) is 10.3 Å². The van der Waals surface area contributed by atoms with Gasteiger partial charge in [0.05, 0.1) is 19.1 Å². The van der Waals surface area contributed by atoms with Gasteiger partial charge in [-0.15, -0.1) is 0 Å². The highest BCUT2D eigenvalue weighted by Crippen LogP contribution is 2.29. The summed E-state index contributed by atoms with van der Waals surface area (Å²) in [5.74, 6) is 1.33. The van der Waals surface area contributed by atoms with Gasteiger partial charge in [0.15, 0.2) is 0 Å². The van der Waals surface area contributed by atoms with Crippen molar-refractivity contribution in [2.45, 2.75) is 20.4 Å². The number of rotatable bonds is 5. The van der Waals surface area contributed by atoms with Crippen LogP contribution in [0.1, 0.15) is 19.4 Å². The molecule has 7 nitrogen and oxygen atoms in total. The highest BCUT2D eigenvalue weighted by atomic mass is 16.5. The Balaban J connectivity index is 1.85. The summed E-state index contributed by atoms with van der Waals surface area (Å²) in [5.41, 5.74) is -0.0132. The van der Waals surface area contributed by atoms with Gasteiger partial charge in [-0.25, -0.2) is 9.78 Å². The van der Waals surface area contributed by atoms with Crippen LogP contribution in [0.3, 0.4) is 0 Å². The number of carbonyl (C=O) groups excluding carboxylic acids is 2. The Morgan fingerprint density at radius 2 is 1.96 bits per heavy atom. The first kappa shape index (κ1) is 17.7. The molecule has 0 unspecified atom stereocenters. The van der Waals surface area contributed by atoms with Gasteiger partial charge in [-0.2, -0.15) is 0 Å². The Kier molecular flexibility index (Phi) is 4.79. The third kappa shape index (κ3) is 3.61. The Morgan fingerprint density at radius 3 is 2.73 bits per heavy atom. The van der Waals surface area contributed by atoms with Gasteiger partial charge < -0.3 is 14.8 Å². The molecule has 1 saturated heterocycles. The maximum absolute atomic E-state index is 12.6. The lowest BCUT2D eigenvalue weighted by atomic mass is 9.90. The van der Waals surface area contributed by atoms with Gasteiger partial charge in [0.2, 0.25) is 11.8 Å². The lowest BCUT2D eigenvalue weighted by Crippen LogP contribution is -2.58. The van der Waals surface area contributed by atoms with Crippen molar-refractivity contribution in [3.63, 3.8) is 0 Å². The van der Waals surface area contributed by atoms with Crippen LogP contribution in [0, 0.1) is 5.41 Å². The molecule has 0 atom stereocenters. The van der Waals surface area contributed by atoms with Gasteiger partial charge in [0, 0.05) is 24.4 Å². The number of aromatic nitrogens is 1. The number of carbonyl (C=O) groups is 2. The van der Waals surface area contributed by atoms with E-state index in [1.807, 2.05) is 6.07 Å². The van der Waals surface area contributed by atoms with E-state index in [-0.39, 0.29) is 12.5 Å². The van der Waals surface area contributed by atoms with Crippen LogP contribution in [0.4, 0.5) is 4.79 Å². The van der Waals surface area contributed by atoms with Crippen LogP contribution in [0.5, 0.6) is 17.4 Å². The second-order valence-corrected chi connectivity index (χ2v) is 6.68. The van der Waals surface area contributed by atoms with Crippen molar-refractivity contribution in [1.29, 1.82) is 0 Å². The van der Waals surface area contributed by atoms with Crippen LogP contribution in [0.15, 0.2) is 42.6 Å². The van der Waals surface area contributed by atoms with Crippen LogP contribution >= 0.6 is 0 Å². The third-order valence-corrected chi connectivity index (χ3v) is 4.18. The standard InChI is InChI=1S/C19H21N3O4/c1-19(2)12-21-18(24)22(17(19)23)11-13-6-5-9-20-16(13)26-15-8-4-7-14(10-15)25-3/h4-10H,11-12H2,1-3H3,(H,21,24). The number of benzene rings is 1. The first-order valence-electron chi connectivity index (χ1n) is 8.26. The first-order chi connectivity index (χ1) is 12.4. The molecule has 1 aliphatic rings. The van der Waals surface area contributed by atoms with Gasteiger partial charge >= 0.3 is 6.03 Å². The minimum atomic E-state index is -0.649. The number of nitrogens with one attached hydrogen (secondary N) is 1. The van der Waals surface area contributed by atoms with Gasteiger partial charge in [-0.1, -0.05) is 12.1 Å². The summed E-state index contributed by atoms with van der Waals surface area (Å²) in [6.45, 7) is 4.01. The summed E-state index contributed by atoms with van der Waals surface area (Å²) < 4.78 is 11.0. The average molecular weight is 355 g/mol. The molecular weight excluding hydrogens is 334 g/mol. The third-order valence-electron chi connectivity index (χ3n) is 4.18. The molecule has 3 rings (SSSR count). The molecule has 7 heteroatoms. The largest absolute Gasteiger partial charge is 0.497 e. The molecule has 2 heterocycles. The average Bonchev–Trinajstić information content (AvgIpc) is 2.64. The van der Waals surface area contributed by atoms with Crippen LogP contribution in [0.25, 0.3) is 0 Å². The number of ether oxygens (including phenoxy) is 2. The van der Waals surface area contributed by atoms with Gasteiger partial charge in [-0.05, 0) is 32.0 Å². The minimum Gasteiger partial charge on any atom is -0.497 e. The summed E-state index contributed by atoms with van der Waals surface area (Å²) in [4.78, 5) is 30.2. The molecule has 0 bridgehead atoms. The first-order valence-corrected chi connectivity index (χ1v) is 8.26. The second-order valence-electron chi connectivity index (χ2n) is 6.68. The Bertz CT molecular complexity index is 835. The lowest BCUT2D eigenvalue weighted by molar-refractivity contribution is -0.139. The van der Waals surface area contributed by atoms with E-state index in [0.717, 1.165) is 0 Å². The second kappa shape index (κ2) is 7.03. The molecule has 1 aliphatic heterocycles. The molecule has 0 spiro atoms. The normalized spacial score (nSPS) is 16.2. The fraction of sp³-hybridized carbons (Fsp3) is 0.316. The molecule has 3 amide bonds. The number of urea groups is 1. The summed E-state index contributed by atoms with van der Waals surface area (Å²) in [5, 5.41) is 2.75. The molecule has 0 aliphatic carbocycles. The zero-order valence-corrected chi connectivity index (χ0v) is 15.0. The highest BCUT2D eigenvalue weighted by molar-refractivity contribution is 5.99. The monoisotopic (exact) mass is 355 g/mol. The molecule has 26 heavy (non-hydrogen) atoms. The Hall–Kier alpha value is -3.09. The highest BCUT2D eigenvalue weighted by Gasteiger charge is 2.40. The van der Waals surface area contributed by atoms with E-state index in [4.69, 9.17) is 9.47 Å². The smallest absolute Gasteiger partial charge is 0.324 e.